The van der Waals surface area contributed by atoms with Crippen LogP contribution >= 0.6 is 0 Å². The monoisotopic (exact) mass is 219 g/mol. The first kappa shape index (κ1) is 11.1. The van der Waals surface area contributed by atoms with E-state index in [4.69, 9.17) is 5.73 Å². The van der Waals surface area contributed by atoms with Crippen LogP contribution in [0.1, 0.15) is 18.9 Å². The van der Waals surface area contributed by atoms with E-state index in [2.05, 4.69) is 10.3 Å². The van der Waals surface area contributed by atoms with E-state index in [0.29, 0.717) is 12.1 Å². The molecule has 2 heterocycles. The predicted octanol–water partition coefficient (Wildman–Crippen LogP) is 0.775. The summed E-state index contributed by atoms with van der Waals surface area (Å²) in [4.78, 5) is 16.2. The third-order valence-electron chi connectivity index (χ3n) is 3.33. The van der Waals surface area contributed by atoms with Crippen molar-refractivity contribution in [3.8, 4) is 0 Å². The number of nitrogen functional groups attached to an aromatic ring is 1. The number of anilines is 1. The van der Waals surface area contributed by atoms with E-state index in [0.717, 1.165) is 25.1 Å². The maximum absolute atomic E-state index is 12.2. The van der Waals surface area contributed by atoms with Crippen molar-refractivity contribution >= 4 is 11.5 Å². The first-order chi connectivity index (χ1) is 7.62. The summed E-state index contributed by atoms with van der Waals surface area (Å²) in [5.74, 6) is 0.247. The lowest BCUT2D eigenvalue weighted by Crippen LogP contribution is -2.31. The number of aromatic nitrogens is 1. The number of Topliss-reactive ketones (excluding diaryl/α,β-unsaturated/α-hetero) is 1. The third-order valence-corrected chi connectivity index (χ3v) is 3.33. The molecule has 0 aliphatic carbocycles. The summed E-state index contributed by atoms with van der Waals surface area (Å²) >= 11 is 0. The van der Waals surface area contributed by atoms with E-state index >= 15 is 0 Å². The zero-order chi connectivity index (χ0) is 11.6. The Morgan fingerprint density at radius 1 is 1.69 bits per heavy atom. The lowest BCUT2D eigenvalue weighted by Gasteiger charge is -2.20. The molecular weight excluding hydrogens is 202 g/mol. The minimum atomic E-state index is -0.234. The molecule has 1 aromatic heterocycles. The van der Waals surface area contributed by atoms with Gasteiger partial charge in [0.2, 0.25) is 0 Å². The Hall–Kier alpha value is -1.42. The number of pyridine rings is 1. The molecule has 86 valence electrons. The summed E-state index contributed by atoms with van der Waals surface area (Å²) in [7, 11) is 0. The van der Waals surface area contributed by atoms with Gasteiger partial charge < -0.3 is 11.1 Å². The van der Waals surface area contributed by atoms with Gasteiger partial charge in [0.1, 0.15) is 5.78 Å². The second-order valence-electron chi connectivity index (χ2n) is 4.66. The molecule has 1 aliphatic heterocycles. The van der Waals surface area contributed by atoms with Gasteiger partial charge >= 0.3 is 0 Å². The highest BCUT2D eigenvalue weighted by atomic mass is 16.1. The van der Waals surface area contributed by atoms with Gasteiger partial charge in [-0.2, -0.15) is 0 Å². The van der Waals surface area contributed by atoms with E-state index in [9.17, 15) is 4.79 Å². The maximum atomic E-state index is 12.2. The lowest BCUT2D eigenvalue weighted by molar-refractivity contribution is -0.126. The summed E-state index contributed by atoms with van der Waals surface area (Å²) in [5, 5.41) is 3.23. The van der Waals surface area contributed by atoms with Gasteiger partial charge in [0.25, 0.3) is 0 Å². The second-order valence-corrected chi connectivity index (χ2v) is 4.66. The minimum absolute atomic E-state index is 0.234. The summed E-state index contributed by atoms with van der Waals surface area (Å²) in [6.45, 7) is 3.71. The van der Waals surface area contributed by atoms with Crippen molar-refractivity contribution in [2.24, 2.45) is 5.41 Å². The Morgan fingerprint density at radius 2 is 2.50 bits per heavy atom. The average Bonchev–Trinajstić information content (AvgIpc) is 2.70. The van der Waals surface area contributed by atoms with Gasteiger partial charge in [-0.15, -0.1) is 0 Å². The Balaban J connectivity index is 2.10. The molecule has 0 aromatic carbocycles. The van der Waals surface area contributed by atoms with Gasteiger partial charge in [0, 0.05) is 42.0 Å². The number of ketones is 1. The number of nitrogens with zero attached hydrogens (tertiary/aromatic N) is 1. The molecule has 1 fully saturated rings. The molecule has 4 nitrogen and oxygen atoms in total. The fraction of sp³-hybridized carbons (Fsp3) is 0.500. The van der Waals surface area contributed by atoms with Crippen LogP contribution in [0.2, 0.25) is 0 Å². The van der Waals surface area contributed by atoms with Crippen LogP contribution in [0.25, 0.3) is 0 Å². The molecule has 2 rings (SSSR count). The number of hydrogen-bond donors (Lipinski definition) is 2. The quantitative estimate of drug-likeness (QED) is 0.788. The molecule has 1 aliphatic rings. The highest BCUT2D eigenvalue weighted by Gasteiger charge is 2.35. The summed E-state index contributed by atoms with van der Waals surface area (Å²) < 4.78 is 0. The highest BCUT2D eigenvalue weighted by Crippen LogP contribution is 2.27. The zero-order valence-corrected chi connectivity index (χ0v) is 9.49. The molecule has 3 N–H and O–H groups in total. The van der Waals surface area contributed by atoms with Crippen LogP contribution in [-0.2, 0) is 11.2 Å². The van der Waals surface area contributed by atoms with E-state index < -0.39 is 0 Å². The van der Waals surface area contributed by atoms with Gasteiger partial charge in [0.15, 0.2) is 0 Å². The Bertz CT molecular complexity index is 397. The number of carbonyl (C=O) groups excluding carboxylic acids is 1. The molecule has 1 unspecified atom stereocenters. The Kier molecular flexibility index (Phi) is 2.92. The molecule has 4 heteroatoms. The molecule has 0 amide bonds. The highest BCUT2D eigenvalue weighted by molar-refractivity contribution is 5.88. The molecule has 1 aromatic rings. The van der Waals surface area contributed by atoms with Crippen LogP contribution in [0.15, 0.2) is 18.5 Å². The Labute approximate surface area is 95.3 Å². The fourth-order valence-corrected chi connectivity index (χ4v) is 2.03. The standard InChI is InChI=1S/C12H17N3O/c1-12(3-5-15-8-12)11(16)6-9-7-14-4-2-10(9)13/h2,4,7,15H,3,5-6,8H2,1H3,(H2,13,14). The number of hydrogen-bond acceptors (Lipinski definition) is 4. The molecule has 1 atom stereocenters. The van der Waals surface area contributed by atoms with Crippen LogP contribution in [0.5, 0.6) is 0 Å². The van der Waals surface area contributed by atoms with Crippen molar-refractivity contribution in [3.05, 3.63) is 24.0 Å². The van der Waals surface area contributed by atoms with Crippen LogP contribution in [0.3, 0.4) is 0 Å². The molecule has 0 bridgehead atoms. The van der Waals surface area contributed by atoms with Crippen LogP contribution in [0.4, 0.5) is 5.69 Å². The molecule has 1 saturated heterocycles. The third kappa shape index (κ3) is 2.07. The summed E-state index contributed by atoms with van der Waals surface area (Å²) in [5.41, 5.74) is 7.05. The van der Waals surface area contributed by atoms with Crippen molar-refractivity contribution < 1.29 is 4.79 Å². The minimum Gasteiger partial charge on any atom is -0.398 e. The van der Waals surface area contributed by atoms with Crippen molar-refractivity contribution in [3.63, 3.8) is 0 Å². The lowest BCUT2D eigenvalue weighted by atomic mass is 9.82. The van der Waals surface area contributed by atoms with Crippen molar-refractivity contribution in [2.75, 3.05) is 18.8 Å². The van der Waals surface area contributed by atoms with Gasteiger partial charge in [-0.25, -0.2) is 0 Å². The summed E-state index contributed by atoms with van der Waals surface area (Å²) in [6, 6.07) is 1.73. The molecule has 16 heavy (non-hydrogen) atoms. The topological polar surface area (TPSA) is 68.0 Å². The van der Waals surface area contributed by atoms with Crippen LogP contribution in [0, 0.1) is 5.41 Å². The first-order valence-corrected chi connectivity index (χ1v) is 5.54. The van der Waals surface area contributed by atoms with Crippen molar-refractivity contribution in [1.29, 1.82) is 0 Å². The van der Waals surface area contributed by atoms with Gasteiger partial charge in [-0.1, -0.05) is 6.92 Å². The number of nitrogens with two attached hydrogens (primary N) is 1. The second kappa shape index (κ2) is 4.22. The first-order valence-electron chi connectivity index (χ1n) is 5.54. The van der Waals surface area contributed by atoms with Crippen LogP contribution < -0.4 is 11.1 Å². The number of rotatable bonds is 3. The molecular formula is C12H17N3O. The SMILES string of the molecule is CC1(C(=O)Cc2cnccc2N)CCNC1. The van der Waals surface area contributed by atoms with Crippen molar-refractivity contribution in [2.45, 2.75) is 19.8 Å². The molecule has 0 saturated carbocycles. The average molecular weight is 219 g/mol. The van der Waals surface area contributed by atoms with Gasteiger partial charge in [-0.3, -0.25) is 9.78 Å². The smallest absolute Gasteiger partial charge is 0.144 e. The van der Waals surface area contributed by atoms with Gasteiger partial charge in [-0.05, 0) is 19.0 Å². The van der Waals surface area contributed by atoms with Crippen molar-refractivity contribution in [1.82, 2.24) is 10.3 Å². The van der Waals surface area contributed by atoms with Gasteiger partial charge in [0.05, 0.1) is 0 Å². The summed E-state index contributed by atoms with van der Waals surface area (Å²) in [6.07, 6.45) is 4.62. The largest absolute Gasteiger partial charge is 0.398 e. The van der Waals surface area contributed by atoms with Crippen LogP contribution in [-0.4, -0.2) is 23.9 Å². The van der Waals surface area contributed by atoms with E-state index in [1.54, 1.807) is 18.5 Å². The molecule has 0 spiro atoms. The van der Waals surface area contributed by atoms with E-state index in [1.807, 2.05) is 6.92 Å². The maximum Gasteiger partial charge on any atom is 0.144 e. The zero-order valence-electron chi connectivity index (χ0n) is 9.49. The normalized spacial score (nSPS) is 24.6. The number of carbonyl (C=O) groups is 1. The predicted molar refractivity (Wildman–Crippen MR) is 63.0 cm³/mol. The number of nitrogens with one attached hydrogen (secondary N) is 1. The van der Waals surface area contributed by atoms with E-state index in [1.165, 1.54) is 0 Å². The Morgan fingerprint density at radius 3 is 3.12 bits per heavy atom. The van der Waals surface area contributed by atoms with E-state index in [-0.39, 0.29) is 11.2 Å². The molecule has 0 radical (unpaired) electrons. The fourth-order valence-electron chi connectivity index (χ4n) is 2.03.